The van der Waals surface area contributed by atoms with Crippen molar-refractivity contribution in [3.63, 3.8) is 0 Å². The average molecular weight is 237 g/mol. The van der Waals surface area contributed by atoms with E-state index >= 15 is 0 Å². The van der Waals surface area contributed by atoms with Crippen molar-refractivity contribution in [2.75, 3.05) is 6.61 Å². The van der Waals surface area contributed by atoms with Crippen LogP contribution in [0.15, 0.2) is 24.3 Å². The lowest BCUT2D eigenvalue weighted by Gasteiger charge is -2.09. The van der Waals surface area contributed by atoms with Gasteiger partial charge in [-0.3, -0.25) is 4.79 Å². The summed E-state index contributed by atoms with van der Waals surface area (Å²) in [4.78, 5) is 11.3. The summed E-state index contributed by atoms with van der Waals surface area (Å²) < 4.78 is 5.43. The molecule has 1 aromatic carbocycles. The Bertz CT molecular complexity index is 363. The second-order valence-corrected chi connectivity index (χ2v) is 4.13. The minimum Gasteiger partial charge on any atom is -0.493 e. The van der Waals surface area contributed by atoms with Gasteiger partial charge in [-0.15, -0.1) is 0 Å². The molecule has 1 aromatic rings. The molecule has 0 fully saturated rings. The van der Waals surface area contributed by atoms with Crippen molar-refractivity contribution in [3.05, 3.63) is 29.8 Å². The van der Waals surface area contributed by atoms with Crippen LogP contribution in [-0.4, -0.2) is 23.7 Å². The third-order valence-electron chi connectivity index (χ3n) is 2.13. The van der Waals surface area contributed by atoms with Crippen molar-refractivity contribution < 1.29 is 14.6 Å². The van der Waals surface area contributed by atoms with Crippen LogP contribution >= 0.6 is 0 Å². The summed E-state index contributed by atoms with van der Waals surface area (Å²) >= 11 is 0. The lowest BCUT2D eigenvalue weighted by atomic mass is 10.2. The highest BCUT2D eigenvalue weighted by Gasteiger charge is 2.03. The molecule has 0 unspecified atom stereocenters. The quantitative estimate of drug-likeness (QED) is 0.787. The van der Waals surface area contributed by atoms with Gasteiger partial charge in [0.15, 0.2) is 0 Å². The number of carbonyl (C=O) groups excluding carboxylic acids is 1. The molecule has 1 rings (SSSR count). The molecule has 4 nitrogen and oxygen atoms in total. The summed E-state index contributed by atoms with van der Waals surface area (Å²) in [5.41, 5.74) is 0.800. The number of rotatable bonds is 6. The highest BCUT2D eigenvalue weighted by atomic mass is 16.5. The average Bonchev–Trinajstić information content (AvgIpc) is 2.28. The van der Waals surface area contributed by atoms with Crippen LogP contribution in [0.4, 0.5) is 0 Å². The Morgan fingerprint density at radius 1 is 1.47 bits per heavy atom. The summed E-state index contributed by atoms with van der Waals surface area (Å²) in [6.45, 7) is 4.17. The standard InChI is InChI=1S/C13H19NO3/c1-10(2)14-13(16)6-7-17-12-5-3-4-11(8-12)9-15/h3-5,8,10,15H,6-7,9H2,1-2H3,(H,14,16). The zero-order chi connectivity index (χ0) is 12.7. The third kappa shape index (κ3) is 5.36. The van der Waals surface area contributed by atoms with Crippen LogP contribution in [0.3, 0.4) is 0 Å². The molecule has 1 amide bonds. The first-order valence-electron chi connectivity index (χ1n) is 5.74. The van der Waals surface area contributed by atoms with Gasteiger partial charge < -0.3 is 15.2 Å². The minimum atomic E-state index is -0.0155. The van der Waals surface area contributed by atoms with Crippen LogP contribution in [-0.2, 0) is 11.4 Å². The Hall–Kier alpha value is -1.55. The number of nitrogens with one attached hydrogen (secondary N) is 1. The highest BCUT2D eigenvalue weighted by molar-refractivity contribution is 5.76. The minimum absolute atomic E-state index is 0.00889. The Labute approximate surface area is 102 Å². The van der Waals surface area contributed by atoms with Gasteiger partial charge in [-0.25, -0.2) is 0 Å². The van der Waals surface area contributed by atoms with Gasteiger partial charge in [-0.1, -0.05) is 12.1 Å². The summed E-state index contributed by atoms with van der Waals surface area (Å²) in [5.74, 6) is 0.659. The van der Waals surface area contributed by atoms with E-state index in [0.29, 0.717) is 18.8 Å². The first-order chi connectivity index (χ1) is 8.11. The molecule has 0 aromatic heterocycles. The van der Waals surface area contributed by atoms with Crippen LogP contribution in [0.2, 0.25) is 0 Å². The van der Waals surface area contributed by atoms with E-state index in [4.69, 9.17) is 9.84 Å². The van der Waals surface area contributed by atoms with Crippen molar-refractivity contribution in [3.8, 4) is 5.75 Å². The Kier molecular flexibility index (Phi) is 5.49. The number of aliphatic hydroxyl groups is 1. The van der Waals surface area contributed by atoms with E-state index in [-0.39, 0.29) is 18.6 Å². The lowest BCUT2D eigenvalue weighted by molar-refractivity contribution is -0.122. The monoisotopic (exact) mass is 237 g/mol. The molecule has 0 radical (unpaired) electrons. The van der Waals surface area contributed by atoms with E-state index in [2.05, 4.69) is 5.32 Å². The van der Waals surface area contributed by atoms with Gasteiger partial charge in [0.05, 0.1) is 19.6 Å². The van der Waals surface area contributed by atoms with Gasteiger partial charge in [-0.2, -0.15) is 0 Å². The van der Waals surface area contributed by atoms with Gasteiger partial charge in [-0.05, 0) is 31.5 Å². The van der Waals surface area contributed by atoms with E-state index in [1.54, 1.807) is 12.1 Å². The molecular weight excluding hydrogens is 218 g/mol. The summed E-state index contributed by atoms with van der Waals surface area (Å²) in [7, 11) is 0. The number of amides is 1. The van der Waals surface area contributed by atoms with Crippen LogP contribution in [0.1, 0.15) is 25.8 Å². The van der Waals surface area contributed by atoms with Gasteiger partial charge in [0.25, 0.3) is 0 Å². The van der Waals surface area contributed by atoms with Crippen molar-refractivity contribution in [1.82, 2.24) is 5.32 Å². The molecule has 94 valence electrons. The smallest absolute Gasteiger partial charge is 0.223 e. The van der Waals surface area contributed by atoms with E-state index in [1.807, 2.05) is 26.0 Å². The second kappa shape index (κ2) is 6.91. The molecule has 2 N–H and O–H groups in total. The van der Waals surface area contributed by atoms with Gasteiger partial charge in [0.1, 0.15) is 5.75 Å². The molecule has 0 bridgehead atoms. The van der Waals surface area contributed by atoms with Crippen molar-refractivity contribution in [2.45, 2.75) is 32.9 Å². The number of aliphatic hydroxyl groups excluding tert-OH is 1. The Balaban J connectivity index is 2.32. The molecule has 0 aliphatic rings. The molecule has 0 aliphatic carbocycles. The summed E-state index contributed by atoms with van der Waals surface area (Å²) in [6, 6.07) is 7.35. The van der Waals surface area contributed by atoms with E-state index in [0.717, 1.165) is 5.56 Å². The molecule has 17 heavy (non-hydrogen) atoms. The molecule has 0 spiro atoms. The Morgan fingerprint density at radius 2 is 2.24 bits per heavy atom. The van der Waals surface area contributed by atoms with Crippen molar-refractivity contribution in [1.29, 1.82) is 0 Å². The SMILES string of the molecule is CC(C)NC(=O)CCOc1cccc(CO)c1. The van der Waals surface area contributed by atoms with Crippen LogP contribution in [0, 0.1) is 0 Å². The Morgan fingerprint density at radius 3 is 2.88 bits per heavy atom. The van der Waals surface area contributed by atoms with Crippen LogP contribution in [0.25, 0.3) is 0 Å². The maximum absolute atomic E-state index is 11.3. The lowest BCUT2D eigenvalue weighted by Crippen LogP contribution is -2.31. The maximum Gasteiger partial charge on any atom is 0.223 e. The molecule has 0 aliphatic heterocycles. The molecule has 0 atom stereocenters. The first kappa shape index (κ1) is 13.5. The summed E-state index contributed by atoms with van der Waals surface area (Å²) in [5, 5.41) is 11.7. The van der Waals surface area contributed by atoms with Gasteiger partial charge in [0, 0.05) is 6.04 Å². The number of benzene rings is 1. The molecule has 0 saturated heterocycles. The molecular formula is C13H19NO3. The number of carbonyl (C=O) groups is 1. The van der Waals surface area contributed by atoms with E-state index in [1.165, 1.54) is 0 Å². The second-order valence-electron chi connectivity index (χ2n) is 4.13. The predicted molar refractivity (Wildman–Crippen MR) is 65.8 cm³/mol. The van der Waals surface area contributed by atoms with E-state index in [9.17, 15) is 4.79 Å². The summed E-state index contributed by atoms with van der Waals surface area (Å²) in [6.07, 6.45) is 0.335. The predicted octanol–water partition coefficient (Wildman–Crippen LogP) is 1.47. The fraction of sp³-hybridized carbons (Fsp3) is 0.462. The molecule has 0 heterocycles. The van der Waals surface area contributed by atoms with Gasteiger partial charge >= 0.3 is 0 Å². The number of hydrogen-bond acceptors (Lipinski definition) is 3. The van der Waals surface area contributed by atoms with Crippen molar-refractivity contribution >= 4 is 5.91 Å². The van der Waals surface area contributed by atoms with Crippen LogP contribution in [0.5, 0.6) is 5.75 Å². The van der Waals surface area contributed by atoms with Gasteiger partial charge in [0.2, 0.25) is 5.91 Å². The normalized spacial score (nSPS) is 10.4. The fourth-order valence-corrected chi connectivity index (χ4v) is 1.39. The zero-order valence-corrected chi connectivity index (χ0v) is 10.3. The largest absolute Gasteiger partial charge is 0.493 e. The first-order valence-corrected chi connectivity index (χ1v) is 5.74. The van der Waals surface area contributed by atoms with Crippen LogP contribution < -0.4 is 10.1 Å². The van der Waals surface area contributed by atoms with E-state index < -0.39 is 0 Å². The topological polar surface area (TPSA) is 58.6 Å². The third-order valence-corrected chi connectivity index (χ3v) is 2.13. The molecule has 0 saturated carbocycles. The molecule has 4 heteroatoms. The highest BCUT2D eigenvalue weighted by Crippen LogP contribution is 2.13. The number of ether oxygens (including phenoxy) is 1. The fourth-order valence-electron chi connectivity index (χ4n) is 1.39. The van der Waals surface area contributed by atoms with Crippen molar-refractivity contribution in [2.24, 2.45) is 0 Å². The zero-order valence-electron chi connectivity index (χ0n) is 10.3. The maximum atomic E-state index is 11.3. The number of hydrogen-bond donors (Lipinski definition) is 2.